The zero-order valence-electron chi connectivity index (χ0n) is 15.0. The second kappa shape index (κ2) is 7.84. The fourth-order valence-electron chi connectivity index (χ4n) is 2.93. The Morgan fingerprint density at radius 3 is 2.25 bits per heavy atom. The number of amides is 2. The molecule has 0 aromatic heterocycles. The summed E-state index contributed by atoms with van der Waals surface area (Å²) in [6.45, 7) is 0.513. The van der Waals surface area contributed by atoms with Gasteiger partial charge in [0.15, 0.2) is 11.5 Å². The summed E-state index contributed by atoms with van der Waals surface area (Å²) >= 11 is 0. The number of nitrogens with one attached hydrogen (secondary N) is 2. The third-order valence-electron chi connectivity index (χ3n) is 4.34. The first kappa shape index (κ1) is 17.6. The van der Waals surface area contributed by atoms with Gasteiger partial charge in [-0.2, -0.15) is 0 Å². The summed E-state index contributed by atoms with van der Waals surface area (Å²) in [6, 6.07) is 21.3. The van der Waals surface area contributed by atoms with Gasteiger partial charge in [0.05, 0.1) is 11.1 Å². The van der Waals surface area contributed by atoms with Gasteiger partial charge < -0.3 is 20.1 Å². The van der Waals surface area contributed by atoms with Crippen LogP contribution in [0, 0.1) is 0 Å². The Balaban J connectivity index is 1.46. The molecule has 0 fully saturated rings. The summed E-state index contributed by atoms with van der Waals surface area (Å²) in [4.78, 5) is 25.3. The lowest BCUT2D eigenvalue weighted by Gasteiger charge is -2.11. The van der Waals surface area contributed by atoms with Crippen molar-refractivity contribution < 1.29 is 19.1 Å². The zero-order valence-corrected chi connectivity index (χ0v) is 15.0. The summed E-state index contributed by atoms with van der Waals surface area (Å²) in [5.41, 5.74) is 2.18. The smallest absolute Gasteiger partial charge is 0.256 e. The molecular weight excluding hydrogens is 356 g/mol. The van der Waals surface area contributed by atoms with E-state index in [1.807, 2.05) is 36.4 Å². The number of carbonyl (C=O) groups excluding carboxylic acids is 2. The molecule has 0 spiro atoms. The van der Waals surface area contributed by atoms with Crippen LogP contribution in [0.5, 0.6) is 11.5 Å². The summed E-state index contributed by atoms with van der Waals surface area (Å²) in [5.74, 6) is 0.698. The minimum absolute atomic E-state index is 0.203. The highest BCUT2D eigenvalue weighted by Gasteiger charge is 2.17. The SMILES string of the molecule is O=C(NCc1ccc2c(c1)OCO2)c1ccccc1C(=O)Nc1ccccc1. The highest BCUT2D eigenvalue weighted by Crippen LogP contribution is 2.32. The average molecular weight is 374 g/mol. The Labute approximate surface area is 162 Å². The second-order valence-electron chi connectivity index (χ2n) is 6.24. The predicted octanol–water partition coefficient (Wildman–Crippen LogP) is 3.60. The maximum Gasteiger partial charge on any atom is 0.256 e. The molecule has 6 heteroatoms. The topological polar surface area (TPSA) is 76.7 Å². The van der Waals surface area contributed by atoms with Gasteiger partial charge in [0.25, 0.3) is 11.8 Å². The van der Waals surface area contributed by atoms with Crippen LogP contribution in [-0.4, -0.2) is 18.6 Å². The van der Waals surface area contributed by atoms with Crippen LogP contribution in [0.25, 0.3) is 0 Å². The lowest BCUT2D eigenvalue weighted by molar-refractivity contribution is 0.0938. The summed E-state index contributed by atoms with van der Waals surface area (Å²) in [6.07, 6.45) is 0. The van der Waals surface area contributed by atoms with E-state index in [4.69, 9.17) is 9.47 Å². The molecule has 0 bridgehead atoms. The Hall–Kier alpha value is -3.80. The maximum atomic E-state index is 12.7. The number of hydrogen-bond donors (Lipinski definition) is 2. The van der Waals surface area contributed by atoms with E-state index in [0.717, 1.165) is 5.56 Å². The monoisotopic (exact) mass is 374 g/mol. The van der Waals surface area contributed by atoms with Crippen molar-refractivity contribution in [2.75, 3.05) is 12.1 Å². The second-order valence-corrected chi connectivity index (χ2v) is 6.24. The third-order valence-corrected chi connectivity index (χ3v) is 4.34. The third kappa shape index (κ3) is 3.81. The molecule has 1 aliphatic heterocycles. The molecule has 0 radical (unpaired) electrons. The van der Waals surface area contributed by atoms with Crippen molar-refractivity contribution in [3.8, 4) is 11.5 Å². The van der Waals surface area contributed by atoms with E-state index in [-0.39, 0.29) is 18.6 Å². The Morgan fingerprint density at radius 1 is 0.786 bits per heavy atom. The molecule has 28 heavy (non-hydrogen) atoms. The minimum Gasteiger partial charge on any atom is -0.454 e. The lowest BCUT2D eigenvalue weighted by Crippen LogP contribution is -2.26. The van der Waals surface area contributed by atoms with Crippen molar-refractivity contribution in [3.05, 3.63) is 89.5 Å². The van der Waals surface area contributed by atoms with Crippen LogP contribution in [0.2, 0.25) is 0 Å². The van der Waals surface area contributed by atoms with Gasteiger partial charge in [-0.1, -0.05) is 36.4 Å². The molecule has 2 amide bonds. The van der Waals surface area contributed by atoms with Crippen LogP contribution in [0.15, 0.2) is 72.8 Å². The van der Waals surface area contributed by atoms with Crippen LogP contribution >= 0.6 is 0 Å². The summed E-state index contributed by atoms with van der Waals surface area (Å²) < 4.78 is 10.6. The van der Waals surface area contributed by atoms with Crippen molar-refractivity contribution in [3.63, 3.8) is 0 Å². The molecule has 3 aromatic carbocycles. The van der Waals surface area contributed by atoms with Crippen molar-refractivity contribution in [1.29, 1.82) is 0 Å². The first-order valence-electron chi connectivity index (χ1n) is 8.83. The molecule has 2 N–H and O–H groups in total. The van der Waals surface area contributed by atoms with E-state index < -0.39 is 0 Å². The van der Waals surface area contributed by atoms with E-state index in [0.29, 0.717) is 34.9 Å². The molecule has 3 aromatic rings. The summed E-state index contributed by atoms with van der Waals surface area (Å²) in [7, 11) is 0. The number of ether oxygens (including phenoxy) is 2. The van der Waals surface area contributed by atoms with Gasteiger partial charge in [-0.15, -0.1) is 0 Å². The van der Waals surface area contributed by atoms with Crippen LogP contribution in [0.4, 0.5) is 5.69 Å². The van der Waals surface area contributed by atoms with E-state index in [1.54, 1.807) is 36.4 Å². The van der Waals surface area contributed by atoms with E-state index in [1.165, 1.54) is 0 Å². The Morgan fingerprint density at radius 2 is 1.46 bits per heavy atom. The predicted molar refractivity (Wildman–Crippen MR) is 105 cm³/mol. The first-order chi connectivity index (χ1) is 13.7. The van der Waals surface area contributed by atoms with Crippen molar-refractivity contribution in [2.45, 2.75) is 6.54 Å². The molecule has 1 aliphatic rings. The van der Waals surface area contributed by atoms with E-state index in [9.17, 15) is 9.59 Å². The van der Waals surface area contributed by atoms with Crippen LogP contribution in [0.1, 0.15) is 26.3 Å². The van der Waals surface area contributed by atoms with Gasteiger partial charge in [-0.25, -0.2) is 0 Å². The standard InChI is InChI=1S/C22H18N2O4/c25-21(23-13-15-10-11-19-20(12-15)28-14-27-19)17-8-4-5-9-18(17)22(26)24-16-6-2-1-3-7-16/h1-12H,13-14H2,(H,23,25)(H,24,26). The molecule has 0 atom stereocenters. The molecule has 140 valence electrons. The van der Waals surface area contributed by atoms with Gasteiger partial charge in [0.1, 0.15) is 0 Å². The van der Waals surface area contributed by atoms with Crippen molar-refractivity contribution in [2.24, 2.45) is 0 Å². The molecule has 1 heterocycles. The number of rotatable bonds is 5. The number of carbonyl (C=O) groups is 2. The number of hydrogen-bond acceptors (Lipinski definition) is 4. The molecule has 0 saturated carbocycles. The van der Waals surface area contributed by atoms with Gasteiger partial charge in [-0.05, 0) is 42.0 Å². The van der Waals surface area contributed by atoms with Gasteiger partial charge in [-0.3, -0.25) is 9.59 Å². The number of para-hydroxylation sites is 1. The average Bonchev–Trinajstić information content (AvgIpc) is 3.20. The van der Waals surface area contributed by atoms with E-state index >= 15 is 0 Å². The number of benzene rings is 3. The highest BCUT2D eigenvalue weighted by atomic mass is 16.7. The molecule has 0 saturated heterocycles. The lowest BCUT2D eigenvalue weighted by atomic mass is 10.1. The fraction of sp³-hybridized carbons (Fsp3) is 0.0909. The molecule has 6 nitrogen and oxygen atoms in total. The Bertz CT molecular complexity index is 1020. The first-order valence-corrected chi connectivity index (χ1v) is 8.83. The largest absolute Gasteiger partial charge is 0.454 e. The molecule has 0 unspecified atom stereocenters. The number of fused-ring (bicyclic) bond motifs is 1. The molecular formula is C22H18N2O4. The van der Waals surface area contributed by atoms with Crippen LogP contribution in [0.3, 0.4) is 0 Å². The van der Waals surface area contributed by atoms with E-state index in [2.05, 4.69) is 10.6 Å². The minimum atomic E-state index is -0.333. The van der Waals surface area contributed by atoms with Crippen molar-refractivity contribution in [1.82, 2.24) is 5.32 Å². The Kier molecular flexibility index (Phi) is 4.93. The molecule has 0 aliphatic carbocycles. The number of anilines is 1. The van der Waals surface area contributed by atoms with Gasteiger partial charge in [0.2, 0.25) is 6.79 Å². The van der Waals surface area contributed by atoms with Gasteiger partial charge >= 0.3 is 0 Å². The quantitative estimate of drug-likeness (QED) is 0.715. The molecule has 4 rings (SSSR count). The van der Waals surface area contributed by atoms with Crippen LogP contribution < -0.4 is 20.1 Å². The zero-order chi connectivity index (χ0) is 19.3. The summed E-state index contributed by atoms with van der Waals surface area (Å²) in [5, 5.41) is 5.66. The van der Waals surface area contributed by atoms with Crippen molar-refractivity contribution >= 4 is 17.5 Å². The maximum absolute atomic E-state index is 12.7. The normalized spacial score (nSPS) is 11.7. The van der Waals surface area contributed by atoms with Crippen LogP contribution in [-0.2, 0) is 6.54 Å². The van der Waals surface area contributed by atoms with Gasteiger partial charge in [0, 0.05) is 12.2 Å². The highest BCUT2D eigenvalue weighted by molar-refractivity contribution is 6.12. The fourth-order valence-corrected chi connectivity index (χ4v) is 2.93.